The molecule has 5 nitrogen and oxygen atoms in total. The van der Waals surface area contributed by atoms with Gasteiger partial charge in [0.1, 0.15) is 5.60 Å². The van der Waals surface area contributed by atoms with Crippen molar-refractivity contribution in [2.24, 2.45) is 0 Å². The van der Waals surface area contributed by atoms with E-state index in [-0.39, 0.29) is 6.42 Å². The number of rotatable bonds is 4. The van der Waals surface area contributed by atoms with Crippen molar-refractivity contribution in [3.05, 3.63) is 30.1 Å². The number of hydrogen-bond donors (Lipinski definition) is 0. The number of nitriles is 1. The lowest BCUT2D eigenvalue weighted by atomic mass is 10.2. The molecule has 1 aromatic heterocycles. The Morgan fingerprint density at radius 2 is 2.21 bits per heavy atom. The highest BCUT2D eigenvalue weighted by atomic mass is 16.6. The van der Waals surface area contributed by atoms with E-state index in [9.17, 15) is 4.79 Å². The summed E-state index contributed by atoms with van der Waals surface area (Å²) in [6, 6.07) is 7.55. The number of ether oxygens (including phenoxy) is 1. The van der Waals surface area contributed by atoms with E-state index in [1.807, 2.05) is 45.0 Å². The predicted octanol–water partition coefficient (Wildman–Crippen LogP) is 2.73. The number of carbonyl (C=O) groups excluding carboxylic acids is 1. The molecular formula is C14H19N3O2. The van der Waals surface area contributed by atoms with Gasteiger partial charge in [-0.25, -0.2) is 4.79 Å². The van der Waals surface area contributed by atoms with Crippen molar-refractivity contribution in [1.82, 2.24) is 9.88 Å². The average Bonchev–Trinajstić information content (AvgIpc) is 2.33. The molecule has 0 atom stereocenters. The van der Waals surface area contributed by atoms with E-state index >= 15 is 0 Å². The van der Waals surface area contributed by atoms with Gasteiger partial charge in [0.25, 0.3) is 0 Å². The number of amides is 1. The van der Waals surface area contributed by atoms with Crippen molar-refractivity contribution in [1.29, 1.82) is 5.26 Å². The van der Waals surface area contributed by atoms with Crippen LogP contribution in [0.3, 0.4) is 0 Å². The molecule has 0 aromatic carbocycles. The molecule has 0 spiro atoms. The second-order valence-electron chi connectivity index (χ2n) is 5.13. The Balaban J connectivity index is 2.72. The topological polar surface area (TPSA) is 66.2 Å². The minimum absolute atomic E-state index is 0.270. The van der Waals surface area contributed by atoms with Gasteiger partial charge in [-0.05, 0) is 32.9 Å². The fourth-order valence-electron chi connectivity index (χ4n) is 1.43. The van der Waals surface area contributed by atoms with Gasteiger partial charge in [0, 0.05) is 12.7 Å². The molecule has 0 aliphatic heterocycles. The lowest BCUT2D eigenvalue weighted by molar-refractivity contribution is 0.0235. The van der Waals surface area contributed by atoms with Gasteiger partial charge in [0.15, 0.2) is 0 Å². The van der Waals surface area contributed by atoms with E-state index in [0.717, 1.165) is 5.69 Å². The first-order chi connectivity index (χ1) is 8.92. The van der Waals surface area contributed by atoms with Gasteiger partial charge < -0.3 is 9.64 Å². The van der Waals surface area contributed by atoms with Gasteiger partial charge in [0.2, 0.25) is 0 Å². The number of pyridine rings is 1. The molecule has 0 fully saturated rings. The predicted molar refractivity (Wildman–Crippen MR) is 71.1 cm³/mol. The zero-order chi connectivity index (χ0) is 14.3. The maximum absolute atomic E-state index is 12.0. The van der Waals surface area contributed by atoms with Gasteiger partial charge in [-0.15, -0.1) is 0 Å². The first kappa shape index (κ1) is 15.0. The number of nitrogens with zero attached hydrogens (tertiary/aromatic N) is 3. The zero-order valence-corrected chi connectivity index (χ0v) is 11.6. The van der Waals surface area contributed by atoms with Crippen LogP contribution < -0.4 is 0 Å². The van der Waals surface area contributed by atoms with Crippen LogP contribution in [0.15, 0.2) is 24.4 Å². The molecular weight excluding hydrogens is 242 g/mol. The van der Waals surface area contributed by atoms with Gasteiger partial charge in [0.05, 0.1) is 24.7 Å². The quantitative estimate of drug-likeness (QED) is 0.835. The highest BCUT2D eigenvalue weighted by molar-refractivity contribution is 5.68. The zero-order valence-electron chi connectivity index (χ0n) is 11.6. The van der Waals surface area contributed by atoms with Crippen LogP contribution in [0.2, 0.25) is 0 Å². The first-order valence-electron chi connectivity index (χ1n) is 6.17. The van der Waals surface area contributed by atoms with Crippen molar-refractivity contribution in [3.63, 3.8) is 0 Å². The fraction of sp³-hybridized carbons (Fsp3) is 0.500. The van der Waals surface area contributed by atoms with Crippen LogP contribution in [0.4, 0.5) is 4.79 Å². The minimum Gasteiger partial charge on any atom is -0.444 e. The molecule has 5 heteroatoms. The molecule has 0 bridgehead atoms. The molecule has 0 aliphatic rings. The van der Waals surface area contributed by atoms with Gasteiger partial charge >= 0.3 is 6.09 Å². The Bertz CT molecular complexity index is 446. The molecule has 0 saturated heterocycles. The highest BCUT2D eigenvalue weighted by Crippen LogP contribution is 2.12. The molecule has 1 aromatic rings. The third-order valence-corrected chi connectivity index (χ3v) is 2.22. The van der Waals surface area contributed by atoms with Crippen LogP contribution in [0.25, 0.3) is 0 Å². The van der Waals surface area contributed by atoms with E-state index in [1.54, 1.807) is 6.20 Å². The van der Waals surface area contributed by atoms with E-state index in [0.29, 0.717) is 13.1 Å². The standard InChI is InChI=1S/C14H19N3O2/c1-14(2,3)19-13(18)17(10-6-8-15)11-12-7-4-5-9-16-12/h4-5,7,9H,6,10-11H2,1-3H3. The molecule has 0 saturated carbocycles. The third kappa shape index (κ3) is 5.87. The van der Waals surface area contributed by atoms with E-state index in [1.165, 1.54) is 4.90 Å². The van der Waals surface area contributed by atoms with E-state index in [4.69, 9.17) is 10.00 Å². The van der Waals surface area contributed by atoms with Crippen LogP contribution in [0.1, 0.15) is 32.9 Å². The highest BCUT2D eigenvalue weighted by Gasteiger charge is 2.22. The summed E-state index contributed by atoms with van der Waals surface area (Å²) in [4.78, 5) is 17.7. The Labute approximate surface area is 113 Å². The molecule has 0 radical (unpaired) electrons. The summed E-state index contributed by atoms with van der Waals surface area (Å²) in [5.41, 5.74) is 0.220. The summed E-state index contributed by atoms with van der Waals surface area (Å²) < 4.78 is 5.32. The number of aromatic nitrogens is 1. The summed E-state index contributed by atoms with van der Waals surface area (Å²) in [5, 5.41) is 8.65. The first-order valence-corrected chi connectivity index (χ1v) is 6.17. The summed E-state index contributed by atoms with van der Waals surface area (Å²) in [5.74, 6) is 0. The maximum atomic E-state index is 12.0. The van der Waals surface area contributed by atoms with Crippen LogP contribution in [-0.2, 0) is 11.3 Å². The summed E-state index contributed by atoms with van der Waals surface area (Å²) in [6.07, 6.45) is 1.52. The van der Waals surface area contributed by atoms with Crippen molar-refractivity contribution in [2.75, 3.05) is 6.54 Å². The number of carbonyl (C=O) groups is 1. The SMILES string of the molecule is CC(C)(C)OC(=O)N(CCC#N)Cc1ccccn1. The summed E-state index contributed by atoms with van der Waals surface area (Å²) in [7, 11) is 0. The fourth-order valence-corrected chi connectivity index (χ4v) is 1.43. The molecule has 1 heterocycles. The van der Waals surface area contributed by atoms with Gasteiger partial charge in [-0.2, -0.15) is 5.26 Å². The lowest BCUT2D eigenvalue weighted by Gasteiger charge is -2.26. The smallest absolute Gasteiger partial charge is 0.410 e. The molecule has 1 amide bonds. The van der Waals surface area contributed by atoms with Gasteiger partial charge in [-0.1, -0.05) is 6.07 Å². The third-order valence-electron chi connectivity index (χ3n) is 2.22. The molecule has 0 aliphatic carbocycles. The molecule has 0 unspecified atom stereocenters. The minimum atomic E-state index is -0.550. The average molecular weight is 261 g/mol. The molecule has 0 N–H and O–H groups in total. The van der Waals surface area contributed by atoms with Gasteiger partial charge in [-0.3, -0.25) is 4.98 Å². The monoisotopic (exact) mass is 261 g/mol. The van der Waals surface area contributed by atoms with Crippen molar-refractivity contribution < 1.29 is 9.53 Å². The Hall–Kier alpha value is -2.09. The molecule has 1 rings (SSSR count). The number of hydrogen-bond acceptors (Lipinski definition) is 4. The lowest BCUT2D eigenvalue weighted by Crippen LogP contribution is -2.37. The maximum Gasteiger partial charge on any atom is 0.410 e. The molecule has 19 heavy (non-hydrogen) atoms. The van der Waals surface area contributed by atoms with Crippen LogP contribution in [0.5, 0.6) is 0 Å². The summed E-state index contributed by atoms with van der Waals surface area (Å²) in [6.45, 7) is 6.12. The van der Waals surface area contributed by atoms with Crippen molar-refractivity contribution >= 4 is 6.09 Å². The Morgan fingerprint density at radius 3 is 2.74 bits per heavy atom. The summed E-state index contributed by atoms with van der Waals surface area (Å²) >= 11 is 0. The van der Waals surface area contributed by atoms with Crippen LogP contribution >= 0.6 is 0 Å². The second kappa shape index (κ2) is 6.74. The van der Waals surface area contributed by atoms with Crippen LogP contribution in [0, 0.1) is 11.3 Å². The second-order valence-corrected chi connectivity index (χ2v) is 5.13. The van der Waals surface area contributed by atoms with Crippen molar-refractivity contribution in [2.45, 2.75) is 39.3 Å². The molecule has 102 valence electrons. The van der Waals surface area contributed by atoms with E-state index in [2.05, 4.69) is 4.98 Å². The normalized spacial score (nSPS) is 10.6. The van der Waals surface area contributed by atoms with Crippen LogP contribution in [-0.4, -0.2) is 28.1 Å². The van der Waals surface area contributed by atoms with Crippen molar-refractivity contribution in [3.8, 4) is 6.07 Å². The van der Waals surface area contributed by atoms with E-state index < -0.39 is 11.7 Å². The Morgan fingerprint density at radius 1 is 1.47 bits per heavy atom. The Kier molecular flexibility index (Phi) is 5.31. The largest absolute Gasteiger partial charge is 0.444 e.